The Morgan fingerprint density at radius 3 is 2.29 bits per heavy atom. The fraction of sp³-hybridized carbons (Fsp3) is 0.889. The zero-order chi connectivity index (χ0) is 16.9. The number of hydrogen-bond acceptors (Lipinski definition) is 3. The zero-order valence-corrected chi connectivity index (χ0v) is 15.0. The highest BCUT2D eigenvalue weighted by Gasteiger charge is 2.34. The summed E-state index contributed by atoms with van der Waals surface area (Å²) in [6.45, 7) is 5.92. The molecule has 3 saturated heterocycles. The summed E-state index contributed by atoms with van der Waals surface area (Å²) < 4.78 is 0. The van der Waals surface area contributed by atoms with E-state index in [0.29, 0.717) is 12.5 Å². The van der Waals surface area contributed by atoms with Gasteiger partial charge >= 0.3 is 6.03 Å². The molecule has 0 aromatic heterocycles. The molecule has 24 heavy (non-hydrogen) atoms. The van der Waals surface area contributed by atoms with Gasteiger partial charge in [0, 0.05) is 39.3 Å². The van der Waals surface area contributed by atoms with Gasteiger partial charge in [0.2, 0.25) is 5.91 Å². The maximum atomic E-state index is 12.9. The van der Waals surface area contributed by atoms with Crippen LogP contribution >= 0.6 is 0 Å². The lowest BCUT2D eigenvalue weighted by Crippen LogP contribution is -2.52. The number of amides is 3. The molecule has 3 heterocycles. The third-order valence-corrected chi connectivity index (χ3v) is 5.74. The highest BCUT2D eigenvalue weighted by atomic mass is 16.2. The first kappa shape index (κ1) is 17.5. The second kappa shape index (κ2) is 8.19. The second-order valence-corrected chi connectivity index (χ2v) is 7.61. The van der Waals surface area contributed by atoms with Crippen LogP contribution in [0.1, 0.15) is 38.5 Å². The van der Waals surface area contributed by atoms with E-state index < -0.39 is 0 Å². The molecule has 6 heteroatoms. The Balaban J connectivity index is 1.55. The molecule has 1 N–H and O–H groups in total. The summed E-state index contributed by atoms with van der Waals surface area (Å²) in [5, 5.41) is 3.23. The van der Waals surface area contributed by atoms with E-state index in [0.717, 1.165) is 71.4 Å². The van der Waals surface area contributed by atoms with Crippen molar-refractivity contribution in [2.75, 3.05) is 52.9 Å². The minimum Gasteiger partial charge on any atom is -0.342 e. The van der Waals surface area contributed by atoms with Gasteiger partial charge in [0.25, 0.3) is 0 Å². The molecule has 0 bridgehead atoms. The summed E-state index contributed by atoms with van der Waals surface area (Å²) in [6.07, 6.45) is 6.40. The number of hydrogen-bond donors (Lipinski definition) is 1. The molecule has 3 aliphatic heterocycles. The van der Waals surface area contributed by atoms with Crippen molar-refractivity contribution in [3.05, 3.63) is 0 Å². The van der Waals surface area contributed by atoms with Crippen LogP contribution in [-0.4, -0.2) is 79.5 Å². The van der Waals surface area contributed by atoms with Gasteiger partial charge in [0.1, 0.15) is 0 Å². The SMILES string of the molecule is CNCC1CCCN(C(=O)C2CCCN(C(=O)N3CCCC3)C2)C1. The summed E-state index contributed by atoms with van der Waals surface area (Å²) in [6, 6.07) is 0.150. The number of nitrogens with one attached hydrogen (secondary N) is 1. The Morgan fingerprint density at radius 2 is 1.54 bits per heavy atom. The third kappa shape index (κ3) is 4.02. The molecule has 0 spiro atoms. The van der Waals surface area contributed by atoms with Gasteiger partial charge in [0.15, 0.2) is 0 Å². The molecule has 0 radical (unpaired) electrons. The molecular weight excluding hydrogens is 304 g/mol. The summed E-state index contributed by atoms with van der Waals surface area (Å²) in [7, 11) is 1.98. The van der Waals surface area contributed by atoms with Crippen molar-refractivity contribution in [1.82, 2.24) is 20.0 Å². The fourth-order valence-electron chi connectivity index (χ4n) is 4.44. The van der Waals surface area contributed by atoms with E-state index in [1.807, 2.05) is 16.8 Å². The Bertz CT molecular complexity index is 448. The van der Waals surface area contributed by atoms with E-state index in [1.54, 1.807) is 0 Å². The quantitative estimate of drug-likeness (QED) is 0.847. The maximum Gasteiger partial charge on any atom is 0.320 e. The average molecular weight is 336 g/mol. The van der Waals surface area contributed by atoms with Crippen LogP contribution in [0.4, 0.5) is 4.79 Å². The van der Waals surface area contributed by atoms with Crippen molar-refractivity contribution in [2.24, 2.45) is 11.8 Å². The molecule has 2 unspecified atom stereocenters. The van der Waals surface area contributed by atoms with Crippen molar-refractivity contribution in [1.29, 1.82) is 0 Å². The number of carbonyl (C=O) groups is 2. The van der Waals surface area contributed by atoms with E-state index >= 15 is 0 Å². The van der Waals surface area contributed by atoms with E-state index in [1.165, 1.54) is 6.42 Å². The van der Waals surface area contributed by atoms with E-state index in [9.17, 15) is 9.59 Å². The Kier molecular flexibility index (Phi) is 5.98. The molecule has 0 aliphatic carbocycles. The largest absolute Gasteiger partial charge is 0.342 e. The smallest absolute Gasteiger partial charge is 0.320 e. The van der Waals surface area contributed by atoms with Crippen LogP contribution in [0.25, 0.3) is 0 Å². The Hall–Kier alpha value is -1.30. The molecule has 3 rings (SSSR count). The molecule has 136 valence electrons. The standard InChI is InChI=1S/C18H32N4O2/c1-19-12-15-6-4-10-21(13-15)17(23)16-7-5-11-22(14-16)18(24)20-8-2-3-9-20/h15-16,19H,2-14H2,1H3. The summed E-state index contributed by atoms with van der Waals surface area (Å²) in [4.78, 5) is 31.5. The van der Waals surface area contributed by atoms with Gasteiger partial charge in [-0.15, -0.1) is 0 Å². The number of carbonyl (C=O) groups excluding carboxylic acids is 2. The number of likely N-dealkylation sites (tertiary alicyclic amines) is 3. The number of piperidine rings is 2. The highest BCUT2D eigenvalue weighted by Crippen LogP contribution is 2.24. The second-order valence-electron chi connectivity index (χ2n) is 7.61. The van der Waals surface area contributed by atoms with Crippen LogP contribution in [-0.2, 0) is 4.79 Å². The highest BCUT2D eigenvalue weighted by molar-refractivity contribution is 5.81. The summed E-state index contributed by atoms with van der Waals surface area (Å²) in [5.74, 6) is 0.840. The molecule has 0 saturated carbocycles. The summed E-state index contributed by atoms with van der Waals surface area (Å²) >= 11 is 0. The lowest BCUT2D eigenvalue weighted by Gasteiger charge is -2.39. The predicted octanol–water partition coefficient (Wildman–Crippen LogP) is 1.37. The van der Waals surface area contributed by atoms with Gasteiger partial charge in [-0.2, -0.15) is 0 Å². The Labute approximate surface area is 145 Å². The van der Waals surface area contributed by atoms with E-state index in [2.05, 4.69) is 10.2 Å². The van der Waals surface area contributed by atoms with Gasteiger partial charge < -0.3 is 20.0 Å². The van der Waals surface area contributed by atoms with Crippen LogP contribution in [0, 0.1) is 11.8 Å². The predicted molar refractivity (Wildman–Crippen MR) is 93.7 cm³/mol. The van der Waals surface area contributed by atoms with Crippen LogP contribution < -0.4 is 5.32 Å². The van der Waals surface area contributed by atoms with Gasteiger partial charge in [-0.1, -0.05) is 0 Å². The lowest BCUT2D eigenvalue weighted by atomic mass is 9.93. The maximum absolute atomic E-state index is 12.9. The van der Waals surface area contributed by atoms with Crippen molar-refractivity contribution in [3.63, 3.8) is 0 Å². The van der Waals surface area contributed by atoms with Crippen molar-refractivity contribution >= 4 is 11.9 Å². The van der Waals surface area contributed by atoms with Gasteiger partial charge in [-0.05, 0) is 58.0 Å². The van der Waals surface area contributed by atoms with Crippen molar-refractivity contribution < 1.29 is 9.59 Å². The monoisotopic (exact) mass is 336 g/mol. The molecule has 0 aromatic carbocycles. The summed E-state index contributed by atoms with van der Waals surface area (Å²) in [5.41, 5.74) is 0. The topological polar surface area (TPSA) is 55.9 Å². The molecular formula is C18H32N4O2. The molecule has 3 fully saturated rings. The van der Waals surface area contributed by atoms with Gasteiger partial charge in [0.05, 0.1) is 5.92 Å². The van der Waals surface area contributed by atoms with Crippen molar-refractivity contribution in [2.45, 2.75) is 38.5 Å². The van der Waals surface area contributed by atoms with Crippen molar-refractivity contribution in [3.8, 4) is 0 Å². The van der Waals surface area contributed by atoms with E-state index in [4.69, 9.17) is 0 Å². The molecule has 3 aliphatic rings. The van der Waals surface area contributed by atoms with Crippen LogP contribution in [0.5, 0.6) is 0 Å². The normalized spacial score (nSPS) is 28.3. The average Bonchev–Trinajstić information content (AvgIpc) is 3.16. The lowest BCUT2D eigenvalue weighted by molar-refractivity contribution is -0.138. The number of urea groups is 1. The van der Waals surface area contributed by atoms with E-state index in [-0.39, 0.29) is 17.9 Å². The number of nitrogens with zero attached hydrogens (tertiary/aromatic N) is 3. The first-order chi connectivity index (χ1) is 11.7. The van der Waals surface area contributed by atoms with Gasteiger partial charge in [-0.25, -0.2) is 4.79 Å². The van der Waals surface area contributed by atoms with Crippen LogP contribution in [0.3, 0.4) is 0 Å². The van der Waals surface area contributed by atoms with Gasteiger partial charge in [-0.3, -0.25) is 4.79 Å². The third-order valence-electron chi connectivity index (χ3n) is 5.74. The first-order valence-corrected chi connectivity index (χ1v) is 9.66. The van der Waals surface area contributed by atoms with Crippen LogP contribution in [0.2, 0.25) is 0 Å². The minimum atomic E-state index is -0.00126. The minimum absolute atomic E-state index is 0.00126. The zero-order valence-electron chi connectivity index (χ0n) is 15.0. The number of rotatable bonds is 3. The molecule has 3 amide bonds. The molecule has 6 nitrogen and oxygen atoms in total. The molecule has 2 atom stereocenters. The fourth-order valence-corrected chi connectivity index (χ4v) is 4.44. The molecule has 0 aromatic rings. The Morgan fingerprint density at radius 1 is 0.875 bits per heavy atom. The first-order valence-electron chi connectivity index (χ1n) is 9.66. The van der Waals surface area contributed by atoms with Crippen LogP contribution in [0.15, 0.2) is 0 Å².